The van der Waals surface area contributed by atoms with Crippen molar-refractivity contribution in [2.75, 3.05) is 23.7 Å². The molecule has 0 spiro atoms. The van der Waals surface area contributed by atoms with Crippen LogP contribution in [-0.2, 0) is 26.2 Å². The zero-order valence-electron chi connectivity index (χ0n) is 19.4. The fraction of sp³-hybridized carbons (Fsp3) is 0.391. The number of nitrogens with zero attached hydrogens (tertiary/aromatic N) is 2. The number of sulfonamides is 1. The molecule has 2 rings (SSSR count). The first kappa shape index (κ1) is 28.4. The molecule has 0 saturated carbocycles. The Morgan fingerprint density at radius 3 is 2.21 bits per heavy atom. The van der Waals surface area contributed by atoms with Gasteiger partial charge in [-0.3, -0.25) is 13.9 Å². The molecule has 186 valence electrons. The van der Waals surface area contributed by atoms with E-state index in [2.05, 4.69) is 21.2 Å². The summed E-state index contributed by atoms with van der Waals surface area (Å²) in [5.74, 6) is -0.638. The average Bonchev–Trinajstić information content (AvgIpc) is 2.74. The van der Waals surface area contributed by atoms with Crippen molar-refractivity contribution in [3.8, 4) is 0 Å². The van der Waals surface area contributed by atoms with E-state index in [0.717, 1.165) is 20.6 Å². The molecule has 2 amide bonds. The van der Waals surface area contributed by atoms with E-state index < -0.39 is 28.5 Å². The summed E-state index contributed by atoms with van der Waals surface area (Å²) in [6.07, 6.45) is 0.989. The first-order chi connectivity index (χ1) is 15.8. The predicted octanol–water partition coefficient (Wildman–Crippen LogP) is 4.71. The van der Waals surface area contributed by atoms with Crippen molar-refractivity contribution in [2.45, 2.75) is 33.4 Å². The third-order valence-electron chi connectivity index (χ3n) is 4.98. The average molecular weight is 593 g/mol. The van der Waals surface area contributed by atoms with Gasteiger partial charge < -0.3 is 10.2 Å². The number of benzene rings is 2. The van der Waals surface area contributed by atoms with Crippen LogP contribution >= 0.6 is 39.1 Å². The van der Waals surface area contributed by atoms with Crippen molar-refractivity contribution < 1.29 is 18.0 Å². The molecule has 0 aliphatic rings. The number of hydrogen-bond donors (Lipinski definition) is 1. The van der Waals surface area contributed by atoms with Gasteiger partial charge in [0.05, 0.1) is 17.0 Å². The van der Waals surface area contributed by atoms with Crippen molar-refractivity contribution in [3.05, 3.63) is 62.5 Å². The lowest BCUT2D eigenvalue weighted by molar-refractivity contribution is -0.139. The van der Waals surface area contributed by atoms with Gasteiger partial charge in [-0.05, 0) is 48.7 Å². The number of carbonyl (C=O) groups is 2. The van der Waals surface area contributed by atoms with Gasteiger partial charge in [-0.25, -0.2) is 8.42 Å². The van der Waals surface area contributed by atoms with Crippen molar-refractivity contribution in [1.82, 2.24) is 10.2 Å². The van der Waals surface area contributed by atoms with Crippen LogP contribution in [0.1, 0.15) is 26.3 Å². The van der Waals surface area contributed by atoms with E-state index in [1.807, 2.05) is 38.1 Å². The first-order valence-electron chi connectivity index (χ1n) is 10.5. The predicted molar refractivity (Wildman–Crippen MR) is 141 cm³/mol. The van der Waals surface area contributed by atoms with Crippen LogP contribution in [0, 0.1) is 5.92 Å². The maximum atomic E-state index is 13.5. The Hall–Kier alpha value is -1.81. The molecule has 0 aliphatic heterocycles. The number of hydrogen-bond acceptors (Lipinski definition) is 4. The lowest BCUT2D eigenvalue weighted by atomic mass is 10.1. The van der Waals surface area contributed by atoms with Gasteiger partial charge in [-0.15, -0.1) is 0 Å². The zero-order chi connectivity index (χ0) is 25.6. The molecule has 2 aromatic carbocycles. The highest BCUT2D eigenvalue weighted by molar-refractivity contribution is 9.10. The van der Waals surface area contributed by atoms with Crippen LogP contribution in [0.2, 0.25) is 10.0 Å². The van der Waals surface area contributed by atoms with Crippen LogP contribution in [0.4, 0.5) is 5.69 Å². The van der Waals surface area contributed by atoms with E-state index in [-0.39, 0.29) is 29.1 Å². The summed E-state index contributed by atoms with van der Waals surface area (Å²) in [5, 5.41) is 3.26. The molecule has 1 N–H and O–H groups in total. The lowest BCUT2D eigenvalue weighted by Gasteiger charge is -2.32. The Morgan fingerprint density at radius 1 is 1.06 bits per heavy atom. The van der Waals surface area contributed by atoms with Gasteiger partial charge in [0.15, 0.2) is 0 Å². The first-order valence-corrected chi connectivity index (χ1v) is 13.9. The smallest absolute Gasteiger partial charge is 0.244 e. The van der Waals surface area contributed by atoms with Gasteiger partial charge in [-0.2, -0.15) is 0 Å². The second-order valence-corrected chi connectivity index (χ2v) is 12.0. The van der Waals surface area contributed by atoms with E-state index >= 15 is 0 Å². The summed E-state index contributed by atoms with van der Waals surface area (Å²) in [5.41, 5.74) is 0.915. The van der Waals surface area contributed by atoms with Crippen LogP contribution in [-0.4, -0.2) is 50.5 Å². The summed E-state index contributed by atoms with van der Waals surface area (Å²) in [7, 11) is -3.88. The number of rotatable bonds is 10. The Bertz CT molecular complexity index is 1130. The van der Waals surface area contributed by atoms with E-state index in [4.69, 9.17) is 23.2 Å². The summed E-state index contributed by atoms with van der Waals surface area (Å²) < 4.78 is 27.0. The standard InChI is InChI=1S/C23H28BrCl2N3O4S/c1-15(2)12-27-23(31)16(3)28(13-17-5-7-18(24)8-6-17)22(30)14-29(34(4,32)33)21-10-9-19(25)11-20(21)26/h5-11,15-16H,12-14H2,1-4H3,(H,27,31). The highest BCUT2D eigenvalue weighted by Crippen LogP contribution is 2.30. The molecule has 0 bridgehead atoms. The molecule has 0 heterocycles. The highest BCUT2D eigenvalue weighted by Gasteiger charge is 2.30. The van der Waals surface area contributed by atoms with Crippen molar-refractivity contribution in [3.63, 3.8) is 0 Å². The van der Waals surface area contributed by atoms with Gasteiger partial charge in [-0.1, -0.05) is 65.1 Å². The molecular weight excluding hydrogens is 565 g/mol. The topological polar surface area (TPSA) is 86.8 Å². The number of carbonyl (C=O) groups excluding carboxylic acids is 2. The molecule has 1 atom stereocenters. The van der Waals surface area contributed by atoms with Crippen molar-refractivity contribution >= 4 is 66.7 Å². The van der Waals surface area contributed by atoms with Crippen LogP contribution in [0.5, 0.6) is 0 Å². The number of halogens is 3. The summed E-state index contributed by atoms with van der Waals surface area (Å²) in [6, 6.07) is 10.8. The largest absolute Gasteiger partial charge is 0.354 e. The molecule has 0 aliphatic carbocycles. The van der Waals surface area contributed by atoms with E-state index in [1.165, 1.54) is 23.1 Å². The second kappa shape index (κ2) is 12.2. The quantitative estimate of drug-likeness (QED) is 0.433. The maximum absolute atomic E-state index is 13.5. The second-order valence-electron chi connectivity index (χ2n) is 8.33. The molecule has 1 unspecified atom stereocenters. The normalized spacial score (nSPS) is 12.4. The maximum Gasteiger partial charge on any atom is 0.244 e. The van der Waals surface area contributed by atoms with Gasteiger partial charge in [0.1, 0.15) is 12.6 Å². The van der Waals surface area contributed by atoms with Gasteiger partial charge in [0.2, 0.25) is 21.8 Å². The van der Waals surface area contributed by atoms with Crippen LogP contribution in [0.3, 0.4) is 0 Å². The highest BCUT2D eigenvalue weighted by atomic mass is 79.9. The monoisotopic (exact) mass is 591 g/mol. The molecule has 0 saturated heterocycles. The Balaban J connectivity index is 2.39. The molecule has 2 aromatic rings. The van der Waals surface area contributed by atoms with Crippen LogP contribution in [0.25, 0.3) is 0 Å². The van der Waals surface area contributed by atoms with Crippen molar-refractivity contribution in [1.29, 1.82) is 0 Å². The summed E-state index contributed by atoms with van der Waals surface area (Å²) in [4.78, 5) is 27.6. The van der Waals surface area contributed by atoms with E-state index in [0.29, 0.717) is 11.6 Å². The minimum absolute atomic E-state index is 0.0907. The van der Waals surface area contributed by atoms with Crippen molar-refractivity contribution in [2.24, 2.45) is 5.92 Å². The minimum atomic E-state index is -3.88. The number of nitrogens with one attached hydrogen (secondary N) is 1. The summed E-state index contributed by atoms with van der Waals surface area (Å²) in [6.45, 7) is 5.60. The Labute approximate surface area is 219 Å². The van der Waals surface area contributed by atoms with Crippen LogP contribution in [0.15, 0.2) is 46.9 Å². The van der Waals surface area contributed by atoms with Crippen LogP contribution < -0.4 is 9.62 Å². The van der Waals surface area contributed by atoms with E-state index in [1.54, 1.807) is 6.92 Å². The number of anilines is 1. The molecule has 0 fully saturated rings. The Morgan fingerprint density at radius 2 is 1.68 bits per heavy atom. The molecule has 7 nitrogen and oxygen atoms in total. The van der Waals surface area contributed by atoms with Gasteiger partial charge in [0, 0.05) is 22.6 Å². The number of amides is 2. The molecule has 11 heteroatoms. The zero-order valence-corrected chi connectivity index (χ0v) is 23.3. The lowest BCUT2D eigenvalue weighted by Crippen LogP contribution is -2.51. The van der Waals surface area contributed by atoms with E-state index in [9.17, 15) is 18.0 Å². The van der Waals surface area contributed by atoms with Gasteiger partial charge >= 0.3 is 0 Å². The Kier molecular flexibility index (Phi) is 10.2. The fourth-order valence-electron chi connectivity index (χ4n) is 3.10. The third kappa shape index (κ3) is 8.15. The fourth-order valence-corrected chi connectivity index (χ4v) is 4.79. The third-order valence-corrected chi connectivity index (χ3v) is 7.17. The molecule has 0 radical (unpaired) electrons. The van der Waals surface area contributed by atoms with Gasteiger partial charge in [0.25, 0.3) is 0 Å². The molecular formula is C23H28BrCl2N3O4S. The summed E-state index contributed by atoms with van der Waals surface area (Å²) >= 11 is 15.6. The SMILES string of the molecule is CC(C)CNC(=O)C(C)N(Cc1ccc(Br)cc1)C(=O)CN(c1ccc(Cl)cc1Cl)S(C)(=O)=O. The minimum Gasteiger partial charge on any atom is -0.354 e. The molecule has 0 aromatic heterocycles. The molecule has 34 heavy (non-hydrogen) atoms.